The first kappa shape index (κ1) is 46.9. The number of fused-ring (bicyclic) bond motifs is 6. The fourth-order valence-electron chi connectivity index (χ4n) is 5.30. The first-order chi connectivity index (χ1) is 25.1. The van der Waals surface area contributed by atoms with Gasteiger partial charge in [-0.25, -0.2) is 4.98 Å². The van der Waals surface area contributed by atoms with Crippen LogP contribution in [0.25, 0.3) is 33.9 Å². The van der Waals surface area contributed by atoms with Crippen molar-refractivity contribution in [1.82, 2.24) is 19.9 Å². The fourth-order valence-corrected chi connectivity index (χ4v) is 5.30. The average Bonchev–Trinajstić information content (AvgIpc) is 3.10. The maximum atomic E-state index is 9.75. The zero-order chi connectivity index (χ0) is 39.6. The Morgan fingerprint density at radius 2 is 1.00 bits per heavy atom. The molecule has 0 bridgehead atoms. The number of nitrogens with zero attached hydrogens (tertiary/aromatic N) is 6. The van der Waals surface area contributed by atoms with Crippen molar-refractivity contribution >= 4 is 14.5 Å². The SMILES string of the molecule is CC#N.CC#N.COc1ccc(-c2c3c(nc4c2CCc2cccnc2-4)-c2ncccc2CC3)cc1.Cc1ccncc1.F[B-](F)(F)F.F[B-](F)(F)F.[Pt+2]. The van der Waals surface area contributed by atoms with Crippen LogP contribution in [0.2, 0.25) is 0 Å². The van der Waals surface area contributed by atoms with Crippen LogP contribution < -0.4 is 4.74 Å². The number of hydrogen-bond donors (Lipinski definition) is 0. The molecule has 1 aromatic carbocycles. The molecule has 2 aliphatic carbocycles. The topological polar surface area (TPSA) is 108 Å². The van der Waals surface area contributed by atoms with Gasteiger partial charge in [-0.1, -0.05) is 24.3 Å². The van der Waals surface area contributed by atoms with Gasteiger partial charge in [0.25, 0.3) is 0 Å². The van der Waals surface area contributed by atoms with Gasteiger partial charge in [-0.3, -0.25) is 15.0 Å². The van der Waals surface area contributed by atoms with Gasteiger partial charge in [0.05, 0.1) is 42.0 Å². The zero-order valence-electron chi connectivity index (χ0n) is 29.5. The van der Waals surface area contributed by atoms with Crippen LogP contribution >= 0.6 is 0 Å². The number of ether oxygens (including phenoxy) is 1. The summed E-state index contributed by atoms with van der Waals surface area (Å²) in [5.74, 6) is 0.870. The molecule has 54 heavy (non-hydrogen) atoms. The van der Waals surface area contributed by atoms with E-state index >= 15 is 0 Å². The second kappa shape index (κ2) is 22.8. The minimum atomic E-state index is -6.00. The summed E-state index contributed by atoms with van der Waals surface area (Å²) < 4.78 is 83.4. The van der Waals surface area contributed by atoms with Crippen molar-refractivity contribution in [3.8, 4) is 51.8 Å². The van der Waals surface area contributed by atoms with Gasteiger partial charge in [0.1, 0.15) is 5.75 Å². The van der Waals surface area contributed by atoms with E-state index in [2.05, 4.69) is 29.2 Å². The third kappa shape index (κ3) is 15.8. The molecule has 7 nitrogen and oxygen atoms in total. The second-order valence-corrected chi connectivity index (χ2v) is 10.9. The summed E-state index contributed by atoms with van der Waals surface area (Å²) >= 11 is 0. The molecular weight excluding hydrogens is 901 g/mol. The molecule has 5 aromatic rings. The van der Waals surface area contributed by atoms with Gasteiger partial charge in [-0.15, -0.1) is 0 Å². The van der Waals surface area contributed by atoms with Crippen LogP contribution in [-0.2, 0) is 46.7 Å². The maximum absolute atomic E-state index is 9.75. The van der Waals surface area contributed by atoms with Crippen molar-refractivity contribution in [2.45, 2.75) is 46.5 Å². The minimum absolute atomic E-state index is 0. The standard InChI is InChI=1S/C26H21N3O.C6H7N.2C2H3N.2BF4.Pt/c1-30-19-10-6-16(7-11-19)22-20-12-8-17-4-2-14-27-23(17)25(20)29-26-21(22)13-9-18-5-3-15-28-24(18)26;1-6-2-4-7-5-3-6;2*1-2-3;2*2-1(3,4)5;/h2-7,10-11,14-15H,8-9,12-13H2,1H3;2-5H,1H3;2*1H3;;;/q;;;;2*-1;+2. The van der Waals surface area contributed by atoms with Crippen LogP contribution in [-0.4, -0.2) is 41.6 Å². The van der Waals surface area contributed by atoms with E-state index in [9.17, 15) is 34.5 Å². The molecule has 0 N–H and O–H groups in total. The number of hydrogen-bond acceptors (Lipinski definition) is 7. The largest absolute Gasteiger partial charge is 2.00 e. The Labute approximate surface area is 323 Å². The predicted molar refractivity (Wildman–Crippen MR) is 189 cm³/mol. The molecule has 0 spiro atoms. The zero-order valence-corrected chi connectivity index (χ0v) is 31.8. The number of rotatable bonds is 2. The van der Waals surface area contributed by atoms with Crippen LogP contribution in [0.5, 0.6) is 5.75 Å². The number of pyridine rings is 4. The van der Waals surface area contributed by atoms with E-state index in [0.717, 1.165) is 54.2 Å². The van der Waals surface area contributed by atoms with Crippen molar-refractivity contribution in [3.63, 3.8) is 0 Å². The van der Waals surface area contributed by atoms with Crippen molar-refractivity contribution in [3.05, 3.63) is 113 Å². The summed E-state index contributed by atoms with van der Waals surface area (Å²) in [4.78, 5) is 18.5. The molecule has 4 aromatic heterocycles. The monoisotopic (exact) mass is 935 g/mol. The molecule has 7 rings (SSSR count). The molecular formula is C36H34B2F8N6OPt. The van der Waals surface area contributed by atoms with Crippen molar-refractivity contribution in [1.29, 1.82) is 10.5 Å². The maximum Gasteiger partial charge on any atom is 2.00 e. The summed E-state index contributed by atoms with van der Waals surface area (Å²) in [5.41, 5.74) is 13.0. The molecule has 0 saturated heterocycles. The predicted octanol–water partition coefficient (Wildman–Crippen LogP) is 10.1. The van der Waals surface area contributed by atoms with Gasteiger partial charge in [-0.2, -0.15) is 10.5 Å². The van der Waals surface area contributed by atoms with E-state index in [4.69, 9.17) is 30.2 Å². The van der Waals surface area contributed by atoms with Crippen LogP contribution in [0.1, 0.15) is 41.7 Å². The molecule has 0 fully saturated rings. The number of nitriles is 2. The first-order valence-electron chi connectivity index (χ1n) is 15.9. The van der Waals surface area contributed by atoms with E-state index in [-0.39, 0.29) is 21.1 Å². The molecule has 0 aliphatic heterocycles. The molecule has 18 heteroatoms. The first-order valence-corrected chi connectivity index (χ1v) is 15.9. The van der Waals surface area contributed by atoms with Crippen LogP contribution in [0.15, 0.2) is 85.5 Å². The average molecular weight is 935 g/mol. The molecule has 4 heterocycles. The number of halogens is 8. The molecule has 0 amide bonds. The number of methoxy groups -OCH3 is 1. The number of aromatic nitrogens is 4. The van der Waals surface area contributed by atoms with E-state index in [1.165, 1.54) is 52.8 Å². The van der Waals surface area contributed by atoms with Gasteiger partial charge in [0.15, 0.2) is 0 Å². The smallest absolute Gasteiger partial charge is 0.497 e. The summed E-state index contributed by atoms with van der Waals surface area (Å²) in [5, 5.41) is 14.6. The van der Waals surface area contributed by atoms with Gasteiger partial charge < -0.3 is 39.3 Å². The van der Waals surface area contributed by atoms with E-state index in [1.807, 2.05) is 55.7 Å². The van der Waals surface area contributed by atoms with Crippen molar-refractivity contribution in [2.75, 3.05) is 7.11 Å². The summed E-state index contributed by atoms with van der Waals surface area (Å²) in [6, 6.07) is 24.2. The van der Waals surface area contributed by atoms with E-state index < -0.39 is 14.5 Å². The van der Waals surface area contributed by atoms with Gasteiger partial charge >= 0.3 is 35.6 Å². The van der Waals surface area contributed by atoms with Crippen LogP contribution in [0.3, 0.4) is 0 Å². The van der Waals surface area contributed by atoms with E-state index in [0.29, 0.717) is 0 Å². The van der Waals surface area contributed by atoms with Gasteiger partial charge in [0, 0.05) is 38.6 Å². The molecule has 0 saturated carbocycles. The summed E-state index contributed by atoms with van der Waals surface area (Å²) in [6.45, 7) is 4.90. The van der Waals surface area contributed by atoms with Crippen LogP contribution in [0, 0.1) is 29.6 Å². The second-order valence-electron chi connectivity index (χ2n) is 10.9. The fraction of sp³-hybridized carbons (Fsp3) is 0.222. The third-order valence-corrected chi connectivity index (χ3v) is 7.14. The molecule has 0 atom stereocenters. The van der Waals surface area contributed by atoms with Gasteiger partial charge in [0.2, 0.25) is 0 Å². The Hall–Kier alpha value is -5.14. The summed E-state index contributed by atoms with van der Waals surface area (Å²) in [7, 11) is -10.3. The van der Waals surface area contributed by atoms with Crippen molar-refractivity contribution < 1.29 is 60.3 Å². The normalized spacial score (nSPS) is 11.2. The molecule has 0 radical (unpaired) electrons. The number of aryl methyl sites for hydroxylation is 3. The minimum Gasteiger partial charge on any atom is -0.497 e. The molecule has 0 unspecified atom stereocenters. The Balaban J connectivity index is 0.000000499. The van der Waals surface area contributed by atoms with E-state index in [1.54, 1.807) is 31.6 Å². The number of benzene rings is 1. The van der Waals surface area contributed by atoms with Crippen LogP contribution in [0.4, 0.5) is 34.5 Å². The Kier molecular flexibility index (Phi) is 19.8. The summed E-state index contributed by atoms with van der Waals surface area (Å²) in [6.07, 6.45) is 11.3. The Morgan fingerprint density at radius 1 is 0.611 bits per heavy atom. The Morgan fingerprint density at radius 3 is 1.33 bits per heavy atom. The quantitative estimate of drug-likeness (QED) is 0.128. The molecule has 2 aliphatic rings. The third-order valence-electron chi connectivity index (χ3n) is 7.14. The van der Waals surface area contributed by atoms with Crippen molar-refractivity contribution in [2.24, 2.45) is 0 Å². The van der Waals surface area contributed by atoms with Gasteiger partial charge in [-0.05, 0) is 108 Å². The Bertz CT molecular complexity index is 1880. The molecule has 286 valence electrons.